The zero-order valence-corrected chi connectivity index (χ0v) is 10.8. The number of nitrogens with one attached hydrogen (secondary N) is 1. The van der Waals surface area contributed by atoms with Crippen LogP contribution >= 0.6 is 23.2 Å². The Hall–Kier alpha value is -0.730. The quantitative estimate of drug-likeness (QED) is 0.865. The highest BCUT2D eigenvalue weighted by Crippen LogP contribution is 2.54. The van der Waals surface area contributed by atoms with Crippen LogP contribution in [0.15, 0.2) is 18.2 Å². The van der Waals surface area contributed by atoms with Crippen molar-refractivity contribution in [1.29, 1.82) is 0 Å². The number of hydrogen-bond donors (Lipinski definition) is 1. The summed E-state index contributed by atoms with van der Waals surface area (Å²) in [6.07, 6.45) is 3.42. The molecular weight excluding hydrogens is 257 g/mol. The van der Waals surface area contributed by atoms with Gasteiger partial charge in [0.2, 0.25) is 5.91 Å². The molecule has 0 aliphatic heterocycles. The first-order chi connectivity index (χ1) is 8.11. The van der Waals surface area contributed by atoms with Crippen molar-refractivity contribution >= 4 is 34.8 Å². The van der Waals surface area contributed by atoms with Gasteiger partial charge in [0.15, 0.2) is 0 Å². The standard InChI is InChI=1S/C13H13Cl2NO/c14-10-4-11(15)6-12(5-10)16-13(17)9-2-7-1-8(7)3-9/h4-9H,1-3H2,(H,16,17). The fourth-order valence-electron chi connectivity index (χ4n) is 2.80. The monoisotopic (exact) mass is 269 g/mol. The van der Waals surface area contributed by atoms with E-state index in [0.717, 1.165) is 24.7 Å². The maximum Gasteiger partial charge on any atom is 0.227 e. The van der Waals surface area contributed by atoms with Crippen LogP contribution in [0, 0.1) is 17.8 Å². The maximum atomic E-state index is 12.0. The molecule has 17 heavy (non-hydrogen) atoms. The number of amides is 1. The highest BCUT2D eigenvalue weighted by atomic mass is 35.5. The van der Waals surface area contributed by atoms with Crippen LogP contribution in [0.25, 0.3) is 0 Å². The van der Waals surface area contributed by atoms with Crippen molar-refractivity contribution in [3.8, 4) is 0 Å². The van der Waals surface area contributed by atoms with Crippen LogP contribution in [-0.2, 0) is 4.79 Å². The molecule has 0 radical (unpaired) electrons. The van der Waals surface area contributed by atoms with Crippen LogP contribution in [0.3, 0.4) is 0 Å². The van der Waals surface area contributed by atoms with Crippen LogP contribution < -0.4 is 5.32 Å². The number of fused-ring (bicyclic) bond motifs is 1. The second kappa shape index (κ2) is 4.18. The Morgan fingerprint density at radius 1 is 1.06 bits per heavy atom. The molecular formula is C13H13Cl2NO. The van der Waals surface area contributed by atoms with E-state index in [1.165, 1.54) is 6.42 Å². The van der Waals surface area contributed by atoms with E-state index < -0.39 is 0 Å². The lowest BCUT2D eigenvalue weighted by Gasteiger charge is -2.12. The fourth-order valence-corrected chi connectivity index (χ4v) is 3.33. The summed E-state index contributed by atoms with van der Waals surface area (Å²) < 4.78 is 0. The summed E-state index contributed by atoms with van der Waals surface area (Å²) in [5.74, 6) is 1.91. The minimum atomic E-state index is 0.107. The van der Waals surface area contributed by atoms with Gasteiger partial charge in [-0.1, -0.05) is 23.2 Å². The molecule has 2 atom stereocenters. The van der Waals surface area contributed by atoms with Gasteiger partial charge in [-0.3, -0.25) is 4.79 Å². The second-order valence-corrected chi connectivity index (χ2v) is 5.94. The van der Waals surface area contributed by atoms with Crippen LogP contribution in [0.1, 0.15) is 19.3 Å². The summed E-state index contributed by atoms with van der Waals surface area (Å²) >= 11 is 11.8. The van der Waals surface area contributed by atoms with E-state index in [1.54, 1.807) is 18.2 Å². The number of halogens is 2. The molecule has 2 aliphatic carbocycles. The molecule has 2 fully saturated rings. The van der Waals surface area contributed by atoms with Gasteiger partial charge in [-0.15, -0.1) is 0 Å². The summed E-state index contributed by atoms with van der Waals surface area (Å²) in [5.41, 5.74) is 0.688. The number of carbonyl (C=O) groups is 1. The van der Waals surface area contributed by atoms with Gasteiger partial charge in [-0.2, -0.15) is 0 Å². The average molecular weight is 270 g/mol. The molecule has 0 saturated heterocycles. The Kier molecular flexibility index (Phi) is 2.80. The van der Waals surface area contributed by atoms with Gasteiger partial charge in [0, 0.05) is 21.7 Å². The molecule has 0 aromatic heterocycles. The summed E-state index contributed by atoms with van der Waals surface area (Å²) in [4.78, 5) is 12.0. The Morgan fingerprint density at radius 2 is 1.65 bits per heavy atom. The Bertz CT molecular complexity index is 444. The largest absolute Gasteiger partial charge is 0.326 e. The SMILES string of the molecule is O=C(Nc1cc(Cl)cc(Cl)c1)C1CC2CC2C1. The summed E-state index contributed by atoms with van der Waals surface area (Å²) in [5, 5.41) is 3.99. The summed E-state index contributed by atoms with van der Waals surface area (Å²) in [7, 11) is 0. The van der Waals surface area contributed by atoms with E-state index in [2.05, 4.69) is 5.32 Å². The molecule has 2 nitrogen and oxygen atoms in total. The average Bonchev–Trinajstić information content (AvgIpc) is 2.84. The molecule has 1 aromatic rings. The first-order valence-corrected chi connectivity index (χ1v) is 6.64. The lowest BCUT2D eigenvalue weighted by molar-refractivity contribution is -0.120. The highest BCUT2D eigenvalue weighted by Gasteiger charge is 2.47. The molecule has 1 amide bonds. The van der Waals surface area contributed by atoms with E-state index in [1.807, 2.05) is 0 Å². The van der Waals surface area contributed by atoms with Crippen LogP contribution in [0.2, 0.25) is 10.0 Å². The van der Waals surface area contributed by atoms with Crippen molar-refractivity contribution in [2.24, 2.45) is 17.8 Å². The number of carbonyl (C=O) groups excluding carboxylic acids is 1. The molecule has 0 spiro atoms. The summed E-state index contributed by atoms with van der Waals surface area (Å²) in [6, 6.07) is 5.10. The third-order valence-corrected chi connectivity index (χ3v) is 4.18. The van der Waals surface area contributed by atoms with Crippen molar-refractivity contribution < 1.29 is 4.79 Å². The predicted molar refractivity (Wildman–Crippen MR) is 69.4 cm³/mol. The van der Waals surface area contributed by atoms with Gasteiger partial charge in [-0.05, 0) is 49.3 Å². The Morgan fingerprint density at radius 3 is 2.24 bits per heavy atom. The topological polar surface area (TPSA) is 29.1 Å². The molecule has 1 aromatic carbocycles. The van der Waals surface area contributed by atoms with E-state index >= 15 is 0 Å². The number of hydrogen-bond acceptors (Lipinski definition) is 1. The van der Waals surface area contributed by atoms with Crippen molar-refractivity contribution in [3.05, 3.63) is 28.2 Å². The van der Waals surface area contributed by atoms with Gasteiger partial charge >= 0.3 is 0 Å². The van der Waals surface area contributed by atoms with Gasteiger partial charge < -0.3 is 5.32 Å². The number of rotatable bonds is 2. The van der Waals surface area contributed by atoms with Gasteiger partial charge in [0.05, 0.1) is 0 Å². The second-order valence-electron chi connectivity index (χ2n) is 5.07. The van der Waals surface area contributed by atoms with Crippen LogP contribution in [0.4, 0.5) is 5.69 Å². The van der Waals surface area contributed by atoms with Crippen molar-refractivity contribution in [2.75, 3.05) is 5.32 Å². The number of anilines is 1. The predicted octanol–water partition coefficient (Wildman–Crippen LogP) is 3.98. The van der Waals surface area contributed by atoms with Gasteiger partial charge in [0.1, 0.15) is 0 Å². The molecule has 1 N–H and O–H groups in total. The Balaban J connectivity index is 1.67. The maximum absolute atomic E-state index is 12.0. The highest BCUT2D eigenvalue weighted by molar-refractivity contribution is 6.35. The van der Waals surface area contributed by atoms with E-state index in [0.29, 0.717) is 15.7 Å². The third-order valence-electron chi connectivity index (χ3n) is 3.74. The molecule has 2 aliphatic rings. The minimum Gasteiger partial charge on any atom is -0.326 e. The first kappa shape index (κ1) is 11.4. The molecule has 2 saturated carbocycles. The normalized spacial score (nSPS) is 29.9. The minimum absolute atomic E-state index is 0.107. The van der Waals surface area contributed by atoms with Gasteiger partial charge in [0.25, 0.3) is 0 Å². The Labute approximate surface area is 110 Å². The molecule has 0 bridgehead atoms. The zero-order valence-electron chi connectivity index (χ0n) is 9.25. The molecule has 90 valence electrons. The van der Waals surface area contributed by atoms with Gasteiger partial charge in [-0.25, -0.2) is 0 Å². The molecule has 4 heteroatoms. The van der Waals surface area contributed by atoms with Crippen molar-refractivity contribution in [3.63, 3.8) is 0 Å². The van der Waals surface area contributed by atoms with E-state index in [4.69, 9.17) is 23.2 Å². The number of benzene rings is 1. The van der Waals surface area contributed by atoms with E-state index in [9.17, 15) is 4.79 Å². The lowest BCUT2D eigenvalue weighted by atomic mass is 10.0. The fraction of sp³-hybridized carbons (Fsp3) is 0.462. The molecule has 0 heterocycles. The van der Waals surface area contributed by atoms with Crippen LogP contribution in [0.5, 0.6) is 0 Å². The van der Waals surface area contributed by atoms with Crippen molar-refractivity contribution in [1.82, 2.24) is 0 Å². The van der Waals surface area contributed by atoms with Crippen molar-refractivity contribution in [2.45, 2.75) is 19.3 Å². The van der Waals surface area contributed by atoms with E-state index in [-0.39, 0.29) is 11.8 Å². The van der Waals surface area contributed by atoms with Crippen LogP contribution in [-0.4, -0.2) is 5.91 Å². The zero-order chi connectivity index (χ0) is 12.0. The summed E-state index contributed by atoms with van der Waals surface area (Å²) in [6.45, 7) is 0. The third kappa shape index (κ3) is 2.43. The smallest absolute Gasteiger partial charge is 0.227 e. The first-order valence-electron chi connectivity index (χ1n) is 5.89. The lowest BCUT2D eigenvalue weighted by Crippen LogP contribution is -2.21. The molecule has 2 unspecified atom stereocenters. The molecule has 3 rings (SSSR count).